The fourth-order valence-corrected chi connectivity index (χ4v) is 2.30. The summed E-state index contributed by atoms with van der Waals surface area (Å²) < 4.78 is 23.0. The lowest BCUT2D eigenvalue weighted by atomic mass is 10.4. The van der Waals surface area contributed by atoms with E-state index in [-0.39, 0.29) is 16.4 Å². The lowest BCUT2D eigenvalue weighted by Gasteiger charge is -2.01. The van der Waals surface area contributed by atoms with Crippen molar-refractivity contribution in [1.82, 2.24) is 0 Å². The van der Waals surface area contributed by atoms with Crippen LogP contribution in [0.25, 0.3) is 0 Å². The van der Waals surface area contributed by atoms with Crippen LogP contribution in [0, 0.1) is 5.41 Å². The van der Waals surface area contributed by atoms with Gasteiger partial charge in [0.25, 0.3) is 0 Å². The molecule has 0 aliphatic carbocycles. The molecule has 13 heavy (non-hydrogen) atoms. The highest BCUT2D eigenvalue weighted by Crippen LogP contribution is 2.09. The van der Waals surface area contributed by atoms with Crippen molar-refractivity contribution in [1.29, 1.82) is 5.41 Å². The van der Waals surface area contributed by atoms with E-state index in [4.69, 9.17) is 5.41 Å². The maximum absolute atomic E-state index is 11.5. The highest BCUT2D eigenvalue weighted by atomic mass is 32.2. The van der Waals surface area contributed by atoms with Gasteiger partial charge in [0, 0.05) is 5.71 Å². The van der Waals surface area contributed by atoms with Gasteiger partial charge in [-0.1, -0.05) is 18.2 Å². The number of sulfone groups is 1. The Morgan fingerprint density at radius 2 is 1.85 bits per heavy atom. The molecule has 0 aliphatic heterocycles. The Morgan fingerprint density at radius 1 is 1.31 bits per heavy atom. The molecule has 3 nitrogen and oxygen atoms in total. The summed E-state index contributed by atoms with van der Waals surface area (Å²) in [6, 6.07) is 8.19. The average Bonchev–Trinajstić information content (AvgIpc) is 2.04. The van der Waals surface area contributed by atoms with Crippen LogP contribution >= 0.6 is 0 Å². The van der Waals surface area contributed by atoms with Gasteiger partial charge >= 0.3 is 0 Å². The molecule has 0 amide bonds. The molecule has 0 saturated carbocycles. The van der Waals surface area contributed by atoms with Crippen molar-refractivity contribution in [3.05, 3.63) is 30.3 Å². The highest BCUT2D eigenvalue weighted by Gasteiger charge is 2.13. The summed E-state index contributed by atoms with van der Waals surface area (Å²) in [6.45, 7) is 1.49. The Morgan fingerprint density at radius 3 is 2.31 bits per heavy atom. The van der Waals surface area contributed by atoms with Crippen LogP contribution in [0.4, 0.5) is 0 Å². The van der Waals surface area contributed by atoms with E-state index in [1.54, 1.807) is 18.2 Å². The van der Waals surface area contributed by atoms with Crippen molar-refractivity contribution in [2.75, 3.05) is 5.75 Å². The molecule has 0 radical (unpaired) electrons. The molecule has 0 bridgehead atoms. The number of hydrogen-bond acceptors (Lipinski definition) is 3. The van der Waals surface area contributed by atoms with E-state index in [1.165, 1.54) is 19.1 Å². The van der Waals surface area contributed by atoms with Crippen LogP contribution in [-0.4, -0.2) is 19.9 Å². The van der Waals surface area contributed by atoms with Crippen LogP contribution in [-0.2, 0) is 9.84 Å². The third-order valence-electron chi connectivity index (χ3n) is 1.51. The summed E-state index contributed by atoms with van der Waals surface area (Å²) in [4.78, 5) is 0.279. The molecule has 0 saturated heterocycles. The molecule has 0 fully saturated rings. The van der Waals surface area contributed by atoms with Crippen molar-refractivity contribution >= 4 is 15.5 Å². The Kier molecular flexibility index (Phi) is 2.83. The molecule has 4 heteroatoms. The molecule has 1 rings (SSSR count). The maximum atomic E-state index is 11.5. The summed E-state index contributed by atoms with van der Waals surface area (Å²) in [6.07, 6.45) is 0. The SMILES string of the molecule is CC(=N)CS(=O)(=O)c1ccccc1. The van der Waals surface area contributed by atoms with E-state index in [0.717, 1.165) is 0 Å². The molecule has 70 valence electrons. The summed E-state index contributed by atoms with van der Waals surface area (Å²) in [5.74, 6) is -0.197. The largest absolute Gasteiger partial charge is 0.309 e. The summed E-state index contributed by atoms with van der Waals surface area (Å²) in [5.41, 5.74) is 0.156. The molecule has 0 heterocycles. The van der Waals surface area contributed by atoms with Crippen molar-refractivity contribution in [3.63, 3.8) is 0 Å². The quantitative estimate of drug-likeness (QED) is 0.746. The molecule has 0 atom stereocenters. The van der Waals surface area contributed by atoms with Gasteiger partial charge in [0.15, 0.2) is 9.84 Å². The second kappa shape index (κ2) is 3.70. The number of hydrogen-bond donors (Lipinski definition) is 1. The second-order valence-electron chi connectivity index (χ2n) is 2.85. The van der Waals surface area contributed by atoms with Crippen molar-refractivity contribution in [2.45, 2.75) is 11.8 Å². The van der Waals surface area contributed by atoms with Crippen LogP contribution in [0.2, 0.25) is 0 Å². The van der Waals surface area contributed by atoms with Gasteiger partial charge in [-0.2, -0.15) is 0 Å². The van der Waals surface area contributed by atoms with Crippen molar-refractivity contribution < 1.29 is 8.42 Å². The van der Waals surface area contributed by atoms with Crippen LogP contribution in [0.1, 0.15) is 6.92 Å². The van der Waals surface area contributed by atoms with Gasteiger partial charge in [0.1, 0.15) is 0 Å². The van der Waals surface area contributed by atoms with E-state index in [2.05, 4.69) is 0 Å². The van der Waals surface area contributed by atoms with Crippen molar-refractivity contribution in [2.24, 2.45) is 0 Å². The molecular formula is C9H11NO2S. The topological polar surface area (TPSA) is 58.0 Å². The third kappa shape index (κ3) is 2.66. The predicted octanol–water partition coefficient (Wildman–Crippen LogP) is 1.50. The zero-order valence-electron chi connectivity index (χ0n) is 7.32. The number of nitrogens with one attached hydrogen (secondary N) is 1. The lowest BCUT2D eigenvalue weighted by Crippen LogP contribution is -2.12. The van der Waals surface area contributed by atoms with Gasteiger partial charge in [-0.3, -0.25) is 0 Å². The Hall–Kier alpha value is -1.16. The summed E-state index contributed by atoms with van der Waals surface area (Å²) >= 11 is 0. The first-order valence-electron chi connectivity index (χ1n) is 3.84. The van der Waals surface area contributed by atoms with Gasteiger partial charge in [-0.05, 0) is 19.1 Å². The zero-order valence-corrected chi connectivity index (χ0v) is 8.14. The molecule has 0 unspecified atom stereocenters. The maximum Gasteiger partial charge on any atom is 0.183 e. The predicted molar refractivity (Wildman–Crippen MR) is 51.9 cm³/mol. The first-order valence-corrected chi connectivity index (χ1v) is 5.49. The normalized spacial score (nSPS) is 11.2. The molecule has 1 aromatic rings. The number of rotatable bonds is 3. The van der Waals surface area contributed by atoms with Crippen molar-refractivity contribution in [3.8, 4) is 0 Å². The van der Waals surface area contributed by atoms with Crippen LogP contribution < -0.4 is 0 Å². The molecule has 0 spiro atoms. The van der Waals surface area contributed by atoms with E-state index in [1.807, 2.05) is 0 Å². The minimum Gasteiger partial charge on any atom is -0.309 e. The van der Waals surface area contributed by atoms with Gasteiger partial charge in [0.05, 0.1) is 10.6 Å². The lowest BCUT2D eigenvalue weighted by molar-refractivity contribution is 0.600. The monoisotopic (exact) mass is 197 g/mol. The van der Waals surface area contributed by atoms with E-state index < -0.39 is 9.84 Å². The molecule has 1 aromatic carbocycles. The second-order valence-corrected chi connectivity index (χ2v) is 4.84. The highest BCUT2D eigenvalue weighted by molar-refractivity contribution is 7.92. The van der Waals surface area contributed by atoms with Gasteiger partial charge in [-0.15, -0.1) is 0 Å². The van der Waals surface area contributed by atoms with E-state index in [0.29, 0.717) is 0 Å². The minimum atomic E-state index is -3.28. The fraction of sp³-hybridized carbons (Fsp3) is 0.222. The Bertz CT molecular complexity index is 395. The van der Waals surface area contributed by atoms with Gasteiger partial charge in [-0.25, -0.2) is 8.42 Å². The van der Waals surface area contributed by atoms with Crippen LogP contribution in [0.5, 0.6) is 0 Å². The smallest absolute Gasteiger partial charge is 0.183 e. The first kappa shape index (κ1) is 9.92. The Labute approximate surface area is 77.8 Å². The average molecular weight is 197 g/mol. The molecule has 0 aromatic heterocycles. The van der Waals surface area contributed by atoms with Crippen LogP contribution in [0.15, 0.2) is 35.2 Å². The van der Waals surface area contributed by atoms with E-state index in [9.17, 15) is 8.42 Å². The zero-order chi connectivity index (χ0) is 9.90. The third-order valence-corrected chi connectivity index (χ3v) is 3.31. The summed E-state index contributed by atoms with van der Waals surface area (Å²) in [7, 11) is -3.28. The van der Waals surface area contributed by atoms with Gasteiger partial charge < -0.3 is 5.41 Å². The van der Waals surface area contributed by atoms with E-state index >= 15 is 0 Å². The molecule has 0 aliphatic rings. The fourth-order valence-electron chi connectivity index (χ4n) is 0.996. The standard InChI is InChI=1S/C9H11NO2S/c1-8(10)7-13(11,12)9-5-3-2-4-6-9/h2-6,10H,7H2,1H3. The molecule has 1 N–H and O–H groups in total. The summed E-state index contributed by atoms with van der Waals surface area (Å²) in [5, 5.41) is 7.12. The number of benzene rings is 1. The van der Waals surface area contributed by atoms with Gasteiger partial charge in [0.2, 0.25) is 0 Å². The molecular weight excluding hydrogens is 186 g/mol. The minimum absolute atomic E-state index is 0.156. The van der Waals surface area contributed by atoms with Crippen LogP contribution in [0.3, 0.4) is 0 Å². The Balaban J connectivity index is 3.02. The first-order chi connectivity index (χ1) is 6.02.